The molecule has 1 aromatic carbocycles. The number of ether oxygens (including phenoxy) is 1. The van der Waals surface area contributed by atoms with Crippen LogP contribution in [0.5, 0.6) is 0 Å². The Morgan fingerprint density at radius 1 is 1.28 bits per heavy atom. The fourth-order valence-electron chi connectivity index (χ4n) is 2.39. The molecule has 0 N–H and O–H groups in total. The van der Waals surface area contributed by atoms with Crippen LogP contribution in [-0.4, -0.2) is 17.8 Å². The number of carbonyl (C=O) groups is 1. The molecular formula is C14H17BrO2S. The van der Waals surface area contributed by atoms with Crippen molar-refractivity contribution < 1.29 is 9.53 Å². The van der Waals surface area contributed by atoms with E-state index in [1.54, 1.807) is 11.8 Å². The van der Waals surface area contributed by atoms with E-state index < -0.39 is 4.75 Å². The van der Waals surface area contributed by atoms with E-state index in [1.807, 2.05) is 24.3 Å². The van der Waals surface area contributed by atoms with E-state index in [-0.39, 0.29) is 5.97 Å². The quantitative estimate of drug-likeness (QED) is 0.768. The first kappa shape index (κ1) is 13.9. The highest BCUT2D eigenvalue weighted by atomic mass is 79.9. The summed E-state index contributed by atoms with van der Waals surface area (Å²) in [5.41, 5.74) is 0. The Hall–Kier alpha value is -0.480. The molecule has 0 heterocycles. The average molecular weight is 329 g/mol. The van der Waals surface area contributed by atoms with Crippen LogP contribution in [0.3, 0.4) is 0 Å². The van der Waals surface area contributed by atoms with Crippen LogP contribution in [0.2, 0.25) is 0 Å². The van der Waals surface area contributed by atoms with Gasteiger partial charge in [-0.15, -0.1) is 11.8 Å². The first-order valence-electron chi connectivity index (χ1n) is 6.20. The maximum absolute atomic E-state index is 12.1. The zero-order chi connectivity index (χ0) is 13.0. The molecule has 0 radical (unpaired) electrons. The zero-order valence-electron chi connectivity index (χ0n) is 10.4. The molecule has 1 saturated carbocycles. The summed E-state index contributed by atoms with van der Waals surface area (Å²) in [5.74, 6) is -0.0806. The second-order valence-electron chi connectivity index (χ2n) is 4.58. The number of hydrogen-bond donors (Lipinski definition) is 0. The molecule has 0 bridgehead atoms. The Morgan fingerprint density at radius 3 is 2.56 bits per heavy atom. The van der Waals surface area contributed by atoms with Crippen LogP contribution in [0.1, 0.15) is 32.1 Å². The number of rotatable bonds is 3. The van der Waals surface area contributed by atoms with Crippen molar-refractivity contribution in [2.75, 3.05) is 7.11 Å². The summed E-state index contributed by atoms with van der Waals surface area (Å²) < 4.78 is 5.68. The van der Waals surface area contributed by atoms with Crippen molar-refractivity contribution in [2.24, 2.45) is 0 Å². The van der Waals surface area contributed by atoms with Crippen LogP contribution >= 0.6 is 27.7 Å². The smallest absolute Gasteiger partial charge is 0.322 e. The number of carbonyl (C=O) groups excluding carboxylic acids is 1. The van der Waals surface area contributed by atoms with Gasteiger partial charge in [0.15, 0.2) is 0 Å². The van der Waals surface area contributed by atoms with Gasteiger partial charge in [0.2, 0.25) is 0 Å². The van der Waals surface area contributed by atoms with Crippen LogP contribution in [0.4, 0.5) is 0 Å². The number of esters is 1. The molecule has 2 rings (SSSR count). The normalized spacial score (nSPS) is 18.3. The van der Waals surface area contributed by atoms with Gasteiger partial charge in [-0.1, -0.05) is 31.4 Å². The summed E-state index contributed by atoms with van der Waals surface area (Å²) in [6.07, 6.45) is 5.24. The molecule has 98 valence electrons. The first-order chi connectivity index (χ1) is 8.68. The third-order valence-corrected chi connectivity index (χ3v) is 5.86. The average Bonchev–Trinajstić information content (AvgIpc) is 2.41. The third-order valence-electron chi connectivity index (χ3n) is 3.36. The fourth-order valence-corrected chi connectivity index (χ4v) is 4.31. The first-order valence-corrected chi connectivity index (χ1v) is 7.81. The van der Waals surface area contributed by atoms with Crippen molar-refractivity contribution in [3.63, 3.8) is 0 Å². The monoisotopic (exact) mass is 328 g/mol. The predicted octanol–water partition coefficient (Wildman–Crippen LogP) is 4.42. The summed E-state index contributed by atoms with van der Waals surface area (Å²) in [6, 6.07) is 8.05. The van der Waals surface area contributed by atoms with Crippen molar-refractivity contribution in [1.82, 2.24) is 0 Å². The molecule has 1 fully saturated rings. The van der Waals surface area contributed by atoms with Gasteiger partial charge in [-0.2, -0.15) is 0 Å². The van der Waals surface area contributed by atoms with Gasteiger partial charge < -0.3 is 4.74 Å². The molecule has 0 aromatic heterocycles. The zero-order valence-corrected chi connectivity index (χ0v) is 12.9. The Balaban J connectivity index is 2.25. The largest absolute Gasteiger partial charge is 0.468 e. The molecule has 0 amide bonds. The van der Waals surface area contributed by atoms with Crippen molar-refractivity contribution in [1.29, 1.82) is 0 Å². The second-order valence-corrected chi connectivity index (χ2v) is 6.86. The van der Waals surface area contributed by atoms with Gasteiger partial charge in [0.1, 0.15) is 4.75 Å². The molecule has 0 unspecified atom stereocenters. The highest BCUT2D eigenvalue weighted by Gasteiger charge is 2.42. The minimum atomic E-state index is -0.392. The van der Waals surface area contributed by atoms with E-state index in [1.165, 1.54) is 13.5 Å². The van der Waals surface area contributed by atoms with Crippen molar-refractivity contribution in [2.45, 2.75) is 41.7 Å². The van der Waals surface area contributed by atoms with Gasteiger partial charge in [-0.05, 0) is 40.9 Å². The minimum Gasteiger partial charge on any atom is -0.468 e. The molecule has 1 aliphatic rings. The molecule has 4 heteroatoms. The SMILES string of the molecule is COC(=O)C1(Sc2ccccc2Br)CCCCC1. The van der Waals surface area contributed by atoms with Crippen molar-refractivity contribution in [3.05, 3.63) is 28.7 Å². The molecule has 0 saturated heterocycles. The highest BCUT2D eigenvalue weighted by molar-refractivity contribution is 9.10. The molecule has 0 atom stereocenters. The third kappa shape index (κ3) is 2.91. The highest BCUT2D eigenvalue weighted by Crippen LogP contribution is 2.46. The van der Waals surface area contributed by atoms with Crippen molar-refractivity contribution >= 4 is 33.7 Å². The number of thioether (sulfide) groups is 1. The van der Waals surface area contributed by atoms with Gasteiger partial charge >= 0.3 is 5.97 Å². The van der Waals surface area contributed by atoms with Gasteiger partial charge in [0.25, 0.3) is 0 Å². The second kappa shape index (κ2) is 6.11. The van der Waals surface area contributed by atoms with Gasteiger partial charge in [-0.25, -0.2) is 0 Å². The van der Waals surface area contributed by atoms with Gasteiger partial charge in [-0.3, -0.25) is 4.79 Å². The van der Waals surface area contributed by atoms with Crippen LogP contribution in [0.15, 0.2) is 33.6 Å². The van der Waals surface area contributed by atoms with Crippen LogP contribution in [0.25, 0.3) is 0 Å². The summed E-state index contributed by atoms with van der Waals surface area (Å²) in [4.78, 5) is 13.3. The number of methoxy groups -OCH3 is 1. The summed E-state index contributed by atoms with van der Waals surface area (Å²) in [5, 5.41) is 0. The van der Waals surface area contributed by atoms with Crippen molar-refractivity contribution in [3.8, 4) is 0 Å². The standard InChI is InChI=1S/C14H17BrO2S/c1-17-13(16)14(9-5-2-6-10-14)18-12-8-4-3-7-11(12)15/h3-4,7-8H,2,5-6,9-10H2,1H3. The Kier molecular flexibility index (Phi) is 4.73. The summed E-state index contributed by atoms with van der Waals surface area (Å²) >= 11 is 5.20. The molecule has 2 nitrogen and oxygen atoms in total. The van der Waals surface area contributed by atoms with E-state index >= 15 is 0 Å². The minimum absolute atomic E-state index is 0.0806. The predicted molar refractivity (Wildman–Crippen MR) is 77.8 cm³/mol. The number of benzene rings is 1. The topological polar surface area (TPSA) is 26.3 Å². The van der Waals surface area contributed by atoms with E-state index in [0.717, 1.165) is 35.1 Å². The molecule has 0 aliphatic heterocycles. The maximum atomic E-state index is 12.1. The van der Waals surface area contributed by atoms with E-state index in [4.69, 9.17) is 4.74 Å². The molecule has 1 aliphatic carbocycles. The molecular weight excluding hydrogens is 312 g/mol. The Morgan fingerprint density at radius 2 is 1.94 bits per heavy atom. The maximum Gasteiger partial charge on any atom is 0.322 e. The van der Waals surface area contributed by atoms with Crippen LogP contribution in [0, 0.1) is 0 Å². The molecule has 1 aromatic rings. The van der Waals surface area contributed by atoms with E-state index in [9.17, 15) is 4.79 Å². The number of halogens is 1. The lowest BCUT2D eigenvalue weighted by molar-refractivity contribution is -0.144. The lowest BCUT2D eigenvalue weighted by Crippen LogP contribution is -2.38. The van der Waals surface area contributed by atoms with Gasteiger partial charge in [0, 0.05) is 9.37 Å². The summed E-state index contributed by atoms with van der Waals surface area (Å²) in [7, 11) is 1.49. The molecule has 18 heavy (non-hydrogen) atoms. The summed E-state index contributed by atoms with van der Waals surface area (Å²) in [6.45, 7) is 0. The lowest BCUT2D eigenvalue weighted by Gasteiger charge is -2.34. The fraction of sp³-hybridized carbons (Fsp3) is 0.500. The van der Waals surface area contributed by atoms with Gasteiger partial charge in [0.05, 0.1) is 7.11 Å². The van der Waals surface area contributed by atoms with E-state index in [2.05, 4.69) is 15.9 Å². The van der Waals surface area contributed by atoms with Crippen LogP contribution in [-0.2, 0) is 9.53 Å². The Bertz CT molecular complexity index is 428. The molecule has 0 spiro atoms. The Labute approximate surface area is 121 Å². The van der Waals surface area contributed by atoms with E-state index in [0.29, 0.717) is 0 Å². The lowest BCUT2D eigenvalue weighted by atomic mass is 9.88. The van der Waals surface area contributed by atoms with Crippen LogP contribution < -0.4 is 0 Å². The number of hydrogen-bond acceptors (Lipinski definition) is 3.